The van der Waals surface area contributed by atoms with Crippen molar-refractivity contribution in [1.82, 2.24) is 0 Å². The Morgan fingerprint density at radius 2 is 1.05 bits per heavy atom. The average molecular weight is 780 g/mol. The van der Waals surface area contributed by atoms with Gasteiger partial charge in [-0.1, -0.05) is 125 Å². The first kappa shape index (κ1) is 35.2. The second kappa shape index (κ2) is 12.0. The first-order valence-electron chi connectivity index (χ1n) is 22.7. The van der Waals surface area contributed by atoms with E-state index in [1.165, 1.54) is 111 Å². The van der Waals surface area contributed by atoms with Crippen LogP contribution < -0.4 is 9.64 Å². The molecule has 1 aliphatic heterocycles. The van der Waals surface area contributed by atoms with E-state index in [0.717, 1.165) is 23.3 Å². The van der Waals surface area contributed by atoms with Crippen LogP contribution in [0.4, 0.5) is 17.1 Å². The molecule has 60 heavy (non-hydrogen) atoms. The Kier molecular flexibility index (Phi) is 7.05. The third kappa shape index (κ3) is 4.60. The van der Waals surface area contributed by atoms with Crippen molar-refractivity contribution in [2.45, 2.75) is 82.5 Å². The van der Waals surface area contributed by atoms with Gasteiger partial charge >= 0.3 is 0 Å². The predicted octanol–water partition coefficient (Wildman–Crippen LogP) is 15.5. The molecule has 2 spiro atoms. The molecule has 0 radical (unpaired) electrons. The lowest BCUT2D eigenvalue weighted by atomic mass is 9.26. The number of hydrogen-bond acceptors (Lipinski definition) is 2. The highest BCUT2D eigenvalue weighted by Crippen LogP contribution is 2.89. The van der Waals surface area contributed by atoms with E-state index in [9.17, 15) is 0 Å². The van der Waals surface area contributed by atoms with Crippen molar-refractivity contribution in [2.24, 2.45) is 29.1 Å². The minimum absolute atomic E-state index is 0.0300. The van der Waals surface area contributed by atoms with Gasteiger partial charge in [0.25, 0.3) is 0 Å². The third-order valence-corrected chi connectivity index (χ3v) is 17.2. The predicted molar refractivity (Wildman–Crippen MR) is 247 cm³/mol. The first-order valence-corrected chi connectivity index (χ1v) is 22.7. The second-order valence-corrected chi connectivity index (χ2v) is 20.9. The molecule has 6 unspecified atom stereocenters. The molecule has 0 amide bonds. The monoisotopic (exact) mass is 779 g/mol. The number of fused-ring (bicyclic) bond motifs is 9. The van der Waals surface area contributed by atoms with Gasteiger partial charge in [-0.3, -0.25) is 0 Å². The summed E-state index contributed by atoms with van der Waals surface area (Å²) in [5.41, 5.74) is 15.3. The molecule has 4 fully saturated rings. The van der Waals surface area contributed by atoms with Crippen molar-refractivity contribution < 1.29 is 4.74 Å². The summed E-state index contributed by atoms with van der Waals surface area (Å²) >= 11 is 0. The standard InChI is InChI=1S/C58H53NO/c1-55(2)27-28-56(3,4)49-33-45(23-25-47(49)55)59(44-21-19-39(20-22-44)38-13-15-40(16-14-38)42-18-17-37-9-5-6-10-41(37)31-42)46-24-26-52-50(34-46)58(48-11-7-8-12-51(48)60-52)53-30-36-29-43-32-54(58)57(43,53)35-36/h5-26,31,33-34,36,43,53-54H,27-30,32,35H2,1-4H3. The molecule has 13 rings (SSSR count). The largest absolute Gasteiger partial charge is 0.457 e. The van der Waals surface area contributed by atoms with Gasteiger partial charge in [0.05, 0.1) is 0 Å². The van der Waals surface area contributed by atoms with Crippen molar-refractivity contribution in [2.75, 3.05) is 4.90 Å². The summed E-state index contributed by atoms with van der Waals surface area (Å²) in [6, 6.07) is 57.4. The summed E-state index contributed by atoms with van der Waals surface area (Å²) in [6.07, 6.45) is 8.07. The van der Waals surface area contributed by atoms with Crippen LogP contribution in [0.1, 0.15) is 88.5 Å². The minimum Gasteiger partial charge on any atom is -0.457 e. The Labute approximate surface area is 355 Å². The Bertz CT molecular complexity index is 2900. The normalized spacial score (nSPS) is 27.8. The summed E-state index contributed by atoms with van der Waals surface area (Å²) in [5, 5.41) is 2.55. The van der Waals surface area contributed by atoms with Crippen LogP contribution >= 0.6 is 0 Å². The molecule has 2 heteroatoms. The molecule has 1 heterocycles. The van der Waals surface area contributed by atoms with Gasteiger partial charge in [-0.25, -0.2) is 0 Å². The summed E-state index contributed by atoms with van der Waals surface area (Å²) in [6.45, 7) is 9.75. The van der Waals surface area contributed by atoms with E-state index in [4.69, 9.17) is 4.74 Å². The molecule has 2 nitrogen and oxygen atoms in total. The Morgan fingerprint density at radius 3 is 1.82 bits per heavy atom. The fourth-order valence-electron chi connectivity index (χ4n) is 14.4. The van der Waals surface area contributed by atoms with Crippen molar-refractivity contribution >= 4 is 27.8 Å². The van der Waals surface area contributed by atoms with E-state index in [1.54, 1.807) is 0 Å². The van der Waals surface area contributed by atoms with Crippen LogP contribution in [0, 0.1) is 29.1 Å². The molecule has 0 N–H and O–H groups in total. The van der Waals surface area contributed by atoms with Gasteiger partial charge in [0.15, 0.2) is 0 Å². The smallest absolute Gasteiger partial charge is 0.131 e. The molecule has 7 aromatic carbocycles. The molecule has 0 saturated heterocycles. The van der Waals surface area contributed by atoms with Gasteiger partial charge in [-0.05, 0) is 177 Å². The van der Waals surface area contributed by atoms with Crippen molar-refractivity contribution in [3.05, 3.63) is 174 Å². The SMILES string of the molecule is CC1(C)CCC(C)(C)c2cc(N(c3ccc(-c4ccc(-c5ccc6ccccc6c5)cc4)cc3)c3ccc4c(c3)C3(c5ccccc5O4)C4CC5CC6CC3C64C5)ccc21. The van der Waals surface area contributed by atoms with E-state index in [1.807, 2.05) is 0 Å². The van der Waals surface area contributed by atoms with Gasteiger partial charge in [-0.2, -0.15) is 0 Å². The highest BCUT2D eigenvalue weighted by molar-refractivity contribution is 5.88. The highest BCUT2D eigenvalue weighted by atomic mass is 16.5. The van der Waals surface area contributed by atoms with E-state index in [0.29, 0.717) is 17.3 Å². The lowest BCUT2D eigenvalue weighted by Crippen LogP contribution is -2.74. The van der Waals surface area contributed by atoms with Crippen LogP contribution in [0.3, 0.4) is 0 Å². The molecule has 2 bridgehead atoms. The Hall–Kier alpha value is -5.60. The summed E-state index contributed by atoms with van der Waals surface area (Å²) in [4.78, 5) is 2.54. The lowest BCUT2D eigenvalue weighted by Gasteiger charge is -2.77. The first-order chi connectivity index (χ1) is 29.1. The molecular weight excluding hydrogens is 727 g/mol. The van der Waals surface area contributed by atoms with Crippen LogP contribution in [0.2, 0.25) is 0 Å². The molecule has 296 valence electrons. The topological polar surface area (TPSA) is 12.5 Å². The van der Waals surface area contributed by atoms with Crippen LogP contribution in [0.15, 0.2) is 152 Å². The van der Waals surface area contributed by atoms with E-state index >= 15 is 0 Å². The van der Waals surface area contributed by atoms with Gasteiger partial charge in [0.2, 0.25) is 0 Å². The van der Waals surface area contributed by atoms with Crippen molar-refractivity contribution in [1.29, 1.82) is 0 Å². The zero-order valence-electron chi connectivity index (χ0n) is 35.3. The fourth-order valence-corrected chi connectivity index (χ4v) is 14.4. The van der Waals surface area contributed by atoms with Crippen LogP contribution in [-0.2, 0) is 16.2 Å². The number of ether oxygens (including phenoxy) is 1. The van der Waals surface area contributed by atoms with E-state index in [2.05, 4.69) is 184 Å². The Balaban J connectivity index is 0.923. The maximum absolute atomic E-state index is 6.87. The van der Waals surface area contributed by atoms with Crippen molar-refractivity contribution in [3.63, 3.8) is 0 Å². The summed E-state index contributed by atoms with van der Waals surface area (Å²) in [5.74, 6) is 5.40. The molecule has 4 saturated carbocycles. The number of nitrogens with zero attached hydrogens (tertiary/aromatic N) is 1. The number of anilines is 3. The number of rotatable bonds is 5. The van der Waals surface area contributed by atoms with Crippen LogP contribution in [-0.4, -0.2) is 0 Å². The maximum atomic E-state index is 6.87. The zero-order chi connectivity index (χ0) is 40.2. The molecule has 5 aliphatic carbocycles. The molecule has 6 atom stereocenters. The molecule has 0 aromatic heterocycles. The summed E-state index contributed by atoms with van der Waals surface area (Å²) < 4.78 is 6.87. The fraction of sp³-hybridized carbons (Fsp3) is 0.310. The van der Waals surface area contributed by atoms with Gasteiger partial charge < -0.3 is 9.64 Å². The van der Waals surface area contributed by atoms with Crippen LogP contribution in [0.5, 0.6) is 11.5 Å². The van der Waals surface area contributed by atoms with Gasteiger partial charge in [0.1, 0.15) is 11.5 Å². The highest BCUT2D eigenvalue weighted by Gasteiger charge is 2.84. The van der Waals surface area contributed by atoms with E-state index in [-0.39, 0.29) is 16.2 Å². The van der Waals surface area contributed by atoms with Gasteiger partial charge in [0, 0.05) is 33.6 Å². The average Bonchev–Trinajstić information content (AvgIpc) is 3.81. The molecular formula is C58H53NO. The van der Waals surface area contributed by atoms with E-state index < -0.39 is 0 Å². The minimum atomic E-state index is 0.0300. The van der Waals surface area contributed by atoms with Crippen molar-refractivity contribution in [3.8, 4) is 33.8 Å². The Morgan fingerprint density at radius 1 is 0.467 bits per heavy atom. The lowest BCUT2D eigenvalue weighted by molar-refractivity contribution is -0.235. The molecule has 6 aliphatic rings. The van der Waals surface area contributed by atoms with Crippen LogP contribution in [0.25, 0.3) is 33.0 Å². The second-order valence-electron chi connectivity index (χ2n) is 20.9. The number of hydrogen-bond donors (Lipinski definition) is 0. The molecule has 7 aromatic rings. The number of benzene rings is 7. The summed E-state index contributed by atoms with van der Waals surface area (Å²) in [7, 11) is 0. The third-order valence-electron chi connectivity index (χ3n) is 17.2. The maximum Gasteiger partial charge on any atom is 0.131 e. The quantitative estimate of drug-likeness (QED) is 0.173. The number of para-hydroxylation sites is 1. The van der Waals surface area contributed by atoms with Gasteiger partial charge in [-0.15, -0.1) is 0 Å². The zero-order valence-corrected chi connectivity index (χ0v) is 35.3.